The van der Waals surface area contributed by atoms with Gasteiger partial charge in [0.2, 0.25) is 0 Å². The standard InChI is InChI=1S/C28H32F2N2O3/c1-35-22-9-11-27-24(17-22)23(12-14-31-27)26(30)10-6-20-13-16-32(18-25(20)28(33)34)15-2-3-19-4-7-21(29)8-5-19/h4-5,7-9,11-12,14,17,20,25-26H,2-3,6,10,13,15-16,18H2,1H3,(H,33,34)/t20-,25+,26+/m1/s1. The third kappa shape index (κ3) is 6.34. The summed E-state index contributed by atoms with van der Waals surface area (Å²) in [7, 11) is 1.57. The van der Waals surface area contributed by atoms with Crippen molar-refractivity contribution in [1.82, 2.24) is 9.88 Å². The monoisotopic (exact) mass is 482 g/mol. The topological polar surface area (TPSA) is 62.7 Å². The summed E-state index contributed by atoms with van der Waals surface area (Å²) in [4.78, 5) is 18.5. The predicted molar refractivity (Wildman–Crippen MR) is 132 cm³/mol. The number of benzene rings is 2. The zero-order valence-electron chi connectivity index (χ0n) is 20.0. The molecule has 186 valence electrons. The summed E-state index contributed by atoms with van der Waals surface area (Å²) in [5, 5.41) is 10.6. The SMILES string of the molecule is COc1ccc2nccc([C@@H](F)CC[C@@H]3CCN(CCCc4ccc(F)cc4)C[C@@H]3C(=O)O)c2c1. The van der Waals surface area contributed by atoms with Gasteiger partial charge in [-0.1, -0.05) is 12.1 Å². The Kier molecular flexibility index (Phi) is 8.29. The largest absolute Gasteiger partial charge is 0.497 e. The minimum atomic E-state index is -1.20. The van der Waals surface area contributed by atoms with E-state index in [4.69, 9.17) is 4.74 Å². The van der Waals surface area contributed by atoms with Crippen LogP contribution in [0.1, 0.15) is 43.0 Å². The van der Waals surface area contributed by atoms with Crippen molar-refractivity contribution in [2.75, 3.05) is 26.7 Å². The van der Waals surface area contributed by atoms with Crippen LogP contribution in [0.3, 0.4) is 0 Å². The van der Waals surface area contributed by atoms with Crippen molar-refractivity contribution in [3.05, 3.63) is 71.7 Å². The number of carboxylic acid groups (broad SMARTS) is 1. The lowest BCUT2D eigenvalue weighted by Crippen LogP contribution is -2.44. The molecule has 4 rings (SSSR count). The van der Waals surface area contributed by atoms with Crippen LogP contribution in [0, 0.1) is 17.7 Å². The number of aryl methyl sites for hydroxylation is 1. The molecule has 0 spiro atoms. The van der Waals surface area contributed by atoms with E-state index in [2.05, 4.69) is 9.88 Å². The maximum Gasteiger partial charge on any atom is 0.308 e. The summed E-state index contributed by atoms with van der Waals surface area (Å²) < 4.78 is 33.7. The van der Waals surface area contributed by atoms with Gasteiger partial charge in [0.25, 0.3) is 0 Å². The van der Waals surface area contributed by atoms with Gasteiger partial charge in [-0.25, -0.2) is 8.78 Å². The van der Waals surface area contributed by atoms with Gasteiger partial charge in [0.1, 0.15) is 17.7 Å². The maximum atomic E-state index is 15.4. The number of likely N-dealkylation sites (tertiary alicyclic amines) is 1. The molecule has 1 saturated heterocycles. The van der Waals surface area contributed by atoms with Crippen molar-refractivity contribution >= 4 is 16.9 Å². The number of carbonyl (C=O) groups is 1. The molecule has 7 heteroatoms. The Labute approximate surface area is 204 Å². The van der Waals surface area contributed by atoms with Crippen LogP contribution in [-0.2, 0) is 11.2 Å². The summed E-state index contributed by atoms with van der Waals surface area (Å²) in [6.45, 7) is 2.09. The quantitative estimate of drug-likeness (QED) is 0.394. The van der Waals surface area contributed by atoms with Gasteiger partial charge in [-0.3, -0.25) is 9.78 Å². The first kappa shape index (κ1) is 25.0. The van der Waals surface area contributed by atoms with Crippen LogP contribution in [0.15, 0.2) is 54.7 Å². The molecule has 1 fully saturated rings. The Hall–Kier alpha value is -3.06. The molecule has 0 amide bonds. The number of aliphatic carboxylic acids is 1. The number of rotatable bonds is 10. The molecule has 1 aromatic heterocycles. The molecule has 1 aliphatic heterocycles. The normalized spacial score (nSPS) is 19.5. The van der Waals surface area contributed by atoms with E-state index in [0.717, 1.165) is 43.3 Å². The van der Waals surface area contributed by atoms with Crippen molar-refractivity contribution in [3.63, 3.8) is 0 Å². The number of nitrogens with zero attached hydrogens (tertiary/aromatic N) is 2. The number of pyridine rings is 1. The average molecular weight is 483 g/mol. The summed E-state index contributed by atoms with van der Waals surface area (Å²) in [5.74, 6) is -0.963. The molecule has 2 heterocycles. The molecular formula is C28H32F2N2O3. The smallest absolute Gasteiger partial charge is 0.308 e. The fourth-order valence-electron chi connectivity index (χ4n) is 5.12. The zero-order valence-corrected chi connectivity index (χ0v) is 20.0. The summed E-state index contributed by atoms with van der Waals surface area (Å²) >= 11 is 0. The van der Waals surface area contributed by atoms with E-state index in [1.807, 2.05) is 6.07 Å². The summed E-state index contributed by atoms with van der Waals surface area (Å²) in [5.41, 5.74) is 2.36. The Morgan fingerprint density at radius 2 is 2.03 bits per heavy atom. The van der Waals surface area contributed by atoms with Gasteiger partial charge >= 0.3 is 5.97 Å². The predicted octanol–water partition coefficient (Wildman–Crippen LogP) is 5.83. The number of fused-ring (bicyclic) bond motifs is 1. The van der Waals surface area contributed by atoms with Gasteiger partial charge < -0.3 is 14.7 Å². The van der Waals surface area contributed by atoms with E-state index in [1.165, 1.54) is 12.1 Å². The fraction of sp³-hybridized carbons (Fsp3) is 0.429. The number of carboxylic acids is 1. The molecule has 0 unspecified atom stereocenters. The number of piperidine rings is 1. The van der Waals surface area contributed by atoms with E-state index in [-0.39, 0.29) is 18.2 Å². The van der Waals surface area contributed by atoms with Crippen molar-refractivity contribution in [2.24, 2.45) is 11.8 Å². The minimum absolute atomic E-state index is 0.0539. The third-order valence-corrected chi connectivity index (χ3v) is 7.12. The van der Waals surface area contributed by atoms with Gasteiger partial charge in [-0.05, 0) is 98.6 Å². The maximum absolute atomic E-state index is 15.4. The van der Waals surface area contributed by atoms with Crippen LogP contribution in [0.5, 0.6) is 5.75 Å². The molecule has 0 radical (unpaired) electrons. The number of halogens is 2. The highest BCUT2D eigenvalue weighted by Crippen LogP contribution is 2.35. The molecule has 3 aromatic rings. The van der Waals surface area contributed by atoms with Crippen LogP contribution in [0.4, 0.5) is 8.78 Å². The lowest BCUT2D eigenvalue weighted by Gasteiger charge is -2.37. The first-order valence-corrected chi connectivity index (χ1v) is 12.2. The highest BCUT2D eigenvalue weighted by atomic mass is 19.1. The molecule has 1 aliphatic rings. The van der Waals surface area contributed by atoms with E-state index in [1.54, 1.807) is 43.6 Å². The van der Waals surface area contributed by atoms with Crippen LogP contribution in [0.25, 0.3) is 10.9 Å². The molecule has 0 bridgehead atoms. The van der Waals surface area contributed by atoms with Gasteiger partial charge in [0.15, 0.2) is 0 Å². The molecular weight excluding hydrogens is 450 g/mol. The number of hydrogen-bond donors (Lipinski definition) is 1. The number of aromatic nitrogens is 1. The molecule has 0 aliphatic carbocycles. The van der Waals surface area contributed by atoms with E-state index >= 15 is 4.39 Å². The third-order valence-electron chi connectivity index (χ3n) is 7.12. The summed E-state index contributed by atoms with van der Waals surface area (Å²) in [6.07, 6.45) is 3.66. The van der Waals surface area contributed by atoms with Crippen LogP contribution in [0.2, 0.25) is 0 Å². The minimum Gasteiger partial charge on any atom is -0.497 e. The first-order chi connectivity index (χ1) is 16.9. The number of ether oxygens (including phenoxy) is 1. The number of hydrogen-bond acceptors (Lipinski definition) is 4. The molecule has 5 nitrogen and oxygen atoms in total. The molecule has 3 atom stereocenters. The van der Waals surface area contributed by atoms with Crippen molar-refractivity contribution < 1.29 is 23.4 Å². The lowest BCUT2D eigenvalue weighted by molar-refractivity contribution is -0.146. The zero-order chi connectivity index (χ0) is 24.8. The van der Waals surface area contributed by atoms with Crippen LogP contribution < -0.4 is 4.74 Å². The number of alkyl halides is 1. The second kappa shape index (κ2) is 11.6. The van der Waals surface area contributed by atoms with Crippen LogP contribution in [-0.4, -0.2) is 47.7 Å². The molecule has 1 N–H and O–H groups in total. The Bertz CT molecular complexity index is 1140. The summed E-state index contributed by atoms with van der Waals surface area (Å²) in [6, 6.07) is 13.6. The molecule has 2 aromatic carbocycles. The van der Waals surface area contributed by atoms with Crippen molar-refractivity contribution in [1.29, 1.82) is 0 Å². The van der Waals surface area contributed by atoms with Crippen LogP contribution >= 0.6 is 0 Å². The molecule has 0 saturated carbocycles. The number of methoxy groups -OCH3 is 1. The van der Waals surface area contributed by atoms with E-state index in [0.29, 0.717) is 29.8 Å². The average Bonchev–Trinajstić information content (AvgIpc) is 2.88. The van der Waals surface area contributed by atoms with Gasteiger partial charge in [0, 0.05) is 18.1 Å². The first-order valence-electron chi connectivity index (χ1n) is 12.2. The van der Waals surface area contributed by atoms with Gasteiger partial charge in [0.05, 0.1) is 18.5 Å². The van der Waals surface area contributed by atoms with E-state index in [9.17, 15) is 14.3 Å². The lowest BCUT2D eigenvalue weighted by atomic mass is 9.81. The highest BCUT2D eigenvalue weighted by Gasteiger charge is 2.34. The van der Waals surface area contributed by atoms with Crippen molar-refractivity contribution in [2.45, 2.75) is 38.3 Å². The Morgan fingerprint density at radius 1 is 1.23 bits per heavy atom. The fourth-order valence-corrected chi connectivity index (χ4v) is 5.12. The van der Waals surface area contributed by atoms with Gasteiger partial charge in [-0.15, -0.1) is 0 Å². The Balaban J connectivity index is 1.32. The van der Waals surface area contributed by atoms with Crippen molar-refractivity contribution in [3.8, 4) is 5.75 Å². The van der Waals surface area contributed by atoms with E-state index < -0.39 is 18.1 Å². The highest BCUT2D eigenvalue weighted by molar-refractivity contribution is 5.83. The molecule has 35 heavy (non-hydrogen) atoms. The van der Waals surface area contributed by atoms with Gasteiger partial charge in [-0.2, -0.15) is 0 Å². The second-order valence-corrected chi connectivity index (χ2v) is 9.35. The second-order valence-electron chi connectivity index (χ2n) is 9.35. The Morgan fingerprint density at radius 3 is 2.77 bits per heavy atom.